The van der Waals surface area contributed by atoms with Gasteiger partial charge in [0.15, 0.2) is 5.96 Å². The lowest BCUT2D eigenvalue weighted by Gasteiger charge is -2.13. The summed E-state index contributed by atoms with van der Waals surface area (Å²) in [5.41, 5.74) is 1.89. The van der Waals surface area contributed by atoms with Gasteiger partial charge in [-0.15, -0.1) is 0 Å². The molecule has 0 aliphatic carbocycles. The van der Waals surface area contributed by atoms with Crippen molar-refractivity contribution < 1.29 is 9.21 Å². The Labute approximate surface area is 155 Å². The second-order valence-corrected chi connectivity index (χ2v) is 6.18. The van der Waals surface area contributed by atoms with E-state index >= 15 is 0 Å². The molecule has 6 nitrogen and oxygen atoms in total. The van der Waals surface area contributed by atoms with E-state index in [-0.39, 0.29) is 11.8 Å². The van der Waals surface area contributed by atoms with Crippen LogP contribution in [0.1, 0.15) is 31.6 Å². The summed E-state index contributed by atoms with van der Waals surface area (Å²) in [6, 6.07) is 11.7. The van der Waals surface area contributed by atoms with Crippen LogP contribution in [0, 0.1) is 5.92 Å². The molecule has 1 aromatic carbocycles. The van der Waals surface area contributed by atoms with E-state index in [1.54, 1.807) is 13.3 Å². The molecular weight excluding hydrogens is 328 g/mol. The second kappa shape index (κ2) is 10.3. The molecule has 1 atom stereocenters. The van der Waals surface area contributed by atoms with Crippen LogP contribution in [0.15, 0.2) is 52.1 Å². The van der Waals surface area contributed by atoms with Crippen molar-refractivity contribution in [2.45, 2.75) is 33.2 Å². The third-order valence-electron chi connectivity index (χ3n) is 4.18. The molecule has 0 aliphatic rings. The highest BCUT2D eigenvalue weighted by atomic mass is 16.3. The standard InChI is InChI=1S/C20H28N4O2/c1-4-15(2)19(25)24-17-8-5-7-16(13-17)14-23-20(21-3)22-11-10-18-9-6-12-26-18/h5-9,12-13,15H,4,10-11,14H2,1-3H3,(H,24,25)(H2,21,22,23). The fourth-order valence-corrected chi connectivity index (χ4v) is 2.38. The van der Waals surface area contributed by atoms with Crippen LogP contribution < -0.4 is 16.0 Å². The number of nitrogens with one attached hydrogen (secondary N) is 3. The Bertz CT molecular complexity index is 710. The molecule has 1 aromatic heterocycles. The Morgan fingerprint density at radius 1 is 1.23 bits per heavy atom. The number of guanidine groups is 1. The summed E-state index contributed by atoms with van der Waals surface area (Å²) in [4.78, 5) is 16.2. The van der Waals surface area contributed by atoms with Gasteiger partial charge in [0, 0.05) is 38.2 Å². The number of anilines is 1. The molecule has 6 heteroatoms. The van der Waals surface area contributed by atoms with E-state index in [2.05, 4.69) is 20.9 Å². The van der Waals surface area contributed by atoms with Crippen LogP contribution in [-0.2, 0) is 17.8 Å². The normalized spacial score (nSPS) is 12.5. The number of amides is 1. The molecule has 2 rings (SSSR count). The predicted molar refractivity (Wildman–Crippen MR) is 105 cm³/mol. The van der Waals surface area contributed by atoms with E-state index in [9.17, 15) is 4.79 Å². The number of hydrogen-bond donors (Lipinski definition) is 3. The van der Waals surface area contributed by atoms with E-state index in [4.69, 9.17) is 4.42 Å². The number of benzene rings is 1. The lowest BCUT2D eigenvalue weighted by molar-refractivity contribution is -0.119. The van der Waals surface area contributed by atoms with Gasteiger partial charge in [-0.25, -0.2) is 0 Å². The minimum Gasteiger partial charge on any atom is -0.469 e. The maximum atomic E-state index is 12.0. The smallest absolute Gasteiger partial charge is 0.227 e. The van der Waals surface area contributed by atoms with E-state index < -0.39 is 0 Å². The maximum absolute atomic E-state index is 12.0. The summed E-state index contributed by atoms with van der Waals surface area (Å²) in [5.74, 6) is 1.73. The van der Waals surface area contributed by atoms with Crippen LogP contribution in [0.3, 0.4) is 0 Å². The molecule has 1 amide bonds. The third-order valence-corrected chi connectivity index (χ3v) is 4.18. The van der Waals surface area contributed by atoms with E-state index in [1.807, 2.05) is 50.2 Å². The van der Waals surface area contributed by atoms with Crippen LogP contribution in [0.5, 0.6) is 0 Å². The van der Waals surface area contributed by atoms with Gasteiger partial charge in [0.05, 0.1) is 6.26 Å². The summed E-state index contributed by atoms with van der Waals surface area (Å²) in [6.45, 7) is 5.29. The van der Waals surface area contributed by atoms with Crippen molar-refractivity contribution in [3.63, 3.8) is 0 Å². The van der Waals surface area contributed by atoms with Crippen LogP contribution in [0.2, 0.25) is 0 Å². The van der Waals surface area contributed by atoms with Gasteiger partial charge in [-0.1, -0.05) is 26.0 Å². The number of aliphatic imine (C=N–C) groups is 1. The van der Waals surface area contributed by atoms with Gasteiger partial charge >= 0.3 is 0 Å². The van der Waals surface area contributed by atoms with Crippen molar-refractivity contribution in [2.75, 3.05) is 18.9 Å². The number of carbonyl (C=O) groups is 1. The highest BCUT2D eigenvalue weighted by Crippen LogP contribution is 2.13. The van der Waals surface area contributed by atoms with Crippen LogP contribution in [-0.4, -0.2) is 25.5 Å². The summed E-state index contributed by atoms with van der Waals surface area (Å²) in [5, 5.41) is 9.49. The zero-order valence-corrected chi connectivity index (χ0v) is 15.7. The summed E-state index contributed by atoms with van der Waals surface area (Å²) >= 11 is 0. The lowest BCUT2D eigenvalue weighted by atomic mass is 10.1. The van der Waals surface area contributed by atoms with Crippen molar-refractivity contribution >= 4 is 17.6 Å². The van der Waals surface area contributed by atoms with Crippen molar-refractivity contribution in [3.8, 4) is 0 Å². The fraction of sp³-hybridized carbons (Fsp3) is 0.400. The molecule has 2 aromatic rings. The van der Waals surface area contributed by atoms with Gasteiger partial charge < -0.3 is 20.4 Å². The molecule has 0 aliphatic heterocycles. The fourth-order valence-electron chi connectivity index (χ4n) is 2.38. The minimum atomic E-state index is 0.00831. The first-order valence-corrected chi connectivity index (χ1v) is 8.99. The van der Waals surface area contributed by atoms with Gasteiger partial charge in [-0.05, 0) is 36.2 Å². The Hall–Kier alpha value is -2.76. The molecule has 3 N–H and O–H groups in total. The molecule has 0 radical (unpaired) electrons. The third kappa shape index (κ3) is 6.27. The van der Waals surface area contributed by atoms with Gasteiger partial charge in [0.1, 0.15) is 5.76 Å². The number of furan rings is 1. The molecule has 1 heterocycles. The summed E-state index contributed by atoms with van der Waals surface area (Å²) in [7, 11) is 1.74. The van der Waals surface area contributed by atoms with Gasteiger partial charge in [-0.3, -0.25) is 9.79 Å². The predicted octanol–water partition coefficient (Wildman–Crippen LogP) is 3.17. The molecule has 0 fully saturated rings. The monoisotopic (exact) mass is 356 g/mol. The van der Waals surface area contributed by atoms with E-state index in [1.165, 1.54) is 0 Å². The molecular formula is C20H28N4O2. The number of hydrogen-bond acceptors (Lipinski definition) is 3. The minimum absolute atomic E-state index is 0.00831. The van der Waals surface area contributed by atoms with E-state index in [0.29, 0.717) is 6.54 Å². The highest BCUT2D eigenvalue weighted by Gasteiger charge is 2.10. The number of rotatable bonds is 8. The Morgan fingerprint density at radius 2 is 2.08 bits per heavy atom. The molecule has 140 valence electrons. The first kappa shape index (κ1) is 19.6. The molecule has 26 heavy (non-hydrogen) atoms. The van der Waals surface area contributed by atoms with Crippen molar-refractivity contribution in [3.05, 3.63) is 54.0 Å². The van der Waals surface area contributed by atoms with Crippen molar-refractivity contribution in [1.29, 1.82) is 0 Å². The van der Waals surface area contributed by atoms with Crippen molar-refractivity contribution in [2.24, 2.45) is 10.9 Å². The Morgan fingerprint density at radius 3 is 2.77 bits per heavy atom. The quantitative estimate of drug-likeness (QED) is 0.501. The molecule has 0 saturated heterocycles. The number of nitrogens with zero attached hydrogens (tertiary/aromatic N) is 1. The Balaban J connectivity index is 1.81. The average Bonchev–Trinajstić information content (AvgIpc) is 3.17. The Kier molecular flexibility index (Phi) is 7.74. The highest BCUT2D eigenvalue weighted by molar-refractivity contribution is 5.92. The zero-order valence-electron chi connectivity index (χ0n) is 15.7. The van der Waals surface area contributed by atoms with Gasteiger partial charge in [0.2, 0.25) is 5.91 Å². The lowest BCUT2D eigenvalue weighted by Crippen LogP contribution is -2.37. The van der Waals surface area contributed by atoms with Crippen LogP contribution in [0.4, 0.5) is 5.69 Å². The summed E-state index contributed by atoms with van der Waals surface area (Å²) < 4.78 is 5.31. The van der Waals surface area contributed by atoms with E-state index in [0.717, 1.165) is 42.4 Å². The molecule has 1 unspecified atom stereocenters. The average molecular weight is 356 g/mol. The zero-order chi connectivity index (χ0) is 18.8. The number of carbonyl (C=O) groups excluding carboxylic acids is 1. The largest absolute Gasteiger partial charge is 0.469 e. The van der Waals surface area contributed by atoms with Gasteiger partial charge in [0.25, 0.3) is 0 Å². The molecule has 0 bridgehead atoms. The topological polar surface area (TPSA) is 78.7 Å². The first-order chi connectivity index (χ1) is 12.6. The maximum Gasteiger partial charge on any atom is 0.227 e. The SMILES string of the molecule is CCC(C)C(=O)Nc1cccc(CNC(=NC)NCCc2ccco2)c1. The molecule has 0 spiro atoms. The van der Waals surface area contributed by atoms with Crippen LogP contribution in [0.25, 0.3) is 0 Å². The van der Waals surface area contributed by atoms with Crippen LogP contribution >= 0.6 is 0 Å². The summed E-state index contributed by atoms with van der Waals surface area (Å²) in [6.07, 6.45) is 3.30. The van der Waals surface area contributed by atoms with Gasteiger partial charge in [-0.2, -0.15) is 0 Å². The van der Waals surface area contributed by atoms with Crippen molar-refractivity contribution in [1.82, 2.24) is 10.6 Å². The molecule has 0 saturated carbocycles. The first-order valence-electron chi connectivity index (χ1n) is 8.99. The second-order valence-electron chi connectivity index (χ2n) is 6.18.